The van der Waals surface area contributed by atoms with Gasteiger partial charge in [-0.2, -0.15) is 4.31 Å². The van der Waals surface area contributed by atoms with Crippen molar-refractivity contribution in [3.8, 4) is 0 Å². The lowest BCUT2D eigenvalue weighted by Crippen LogP contribution is -2.63. The molecular formula is C13H20N4O3S. The van der Waals surface area contributed by atoms with E-state index >= 15 is 0 Å². The number of amides is 1. The van der Waals surface area contributed by atoms with E-state index in [4.69, 9.17) is 5.84 Å². The van der Waals surface area contributed by atoms with Gasteiger partial charge in [0.1, 0.15) is 5.54 Å². The third-order valence-electron chi connectivity index (χ3n) is 3.74. The number of piperazine rings is 1. The maximum atomic E-state index is 12.8. The molecule has 0 radical (unpaired) electrons. The molecule has 7 nitrogen and oxygen atoms in total. The molecule has 1 aromatic rings. The van der Waals surface area contributed by atoms with Crippen LogP contribution in [-0.4, -0.2) is 49.2 Å². The van der Waals surface area contributed by atoms with Crippen molar-refractivity contribution in [3.05, 3.63) is 24.3 Å². The Hall–Kier alpha value is -1.64. The first kappa shape index (κ1) is 15.7. The summed E-state index contributed by atoms with van der Waals surface area (Å²) in [5, 5.41) is 0. The highest BCUT2D eigenvalue weighted by Gasteiger charge is 2.46. The summed E-state index contributed by atoms with van der Waals surface area (Å²) in [5.74, 6) is 5.06. The van der Waals surface area contributed by atoms with Crippen LogP contribution in [0.5, 0.6) is 0 Å². The monoisotopic (exact) mass is 312 g/mol. The zero-order chi connectivity index (χ0) is 15.8. The van der Waals surface area contributed by atoms with E-state index in [0.717, 1.165) is 0 Å². The number of rotatable bonds is 3. The number of nitrogens with zero attached hydrogens (tertiary/aromatic N) is 2. The summed E-state index contributed by atoms with van der Waals surface area (Å²) in [5.41, 5.74) is 1.96. The number of benzene rings is 1. The van der Waals surface area contributed by atoms with Crippen LogP contribution in [0.15, 0.2) is 29.2 Å². The molecule has 0 spiro atoms. The van der Waals surface area contributed by atoms with Crippen molar-refractivity contribution in [3.63, 3.8) is 0 Å². The number of hydrogen-bond acceptors (Lipinski definition) is 5. The van der Waals surface area contributed by atoms with Crippen molar-refractivity contribution < 1.29 is 13.2 Å². The Kier molecular flexibility index (Phi) is 3.96. The molecule has 0 atom stereocenters. The van der Waals surface area contributed by atoms with E-state index in [-0.39, 0.29) is 17.3 Å². The Labute approximate surface area is 124 Å². The van der Waals surface area contributed by atoms with Crippen LogP contribution in [0.2, 0.25) is 0 Å². The molecule has 0 aromatic heterocycles. The number of carbonyl (C=O) groups excluding carboxylic acids is 1. The normalized spacial score (nSPS) is 19.6. The molecule has 0 unspecified atom stereocenters. The molecule has 116 valence electrons. The molecule has 1 amide bonds. The van der Waals surface area contributed by atoms with E-state index in [9.17, 15) is 13.2 Å². The Bertz CT molecular complexity index is 640. The SMILES string of the molecule is CN1CCN(S(=O)(=O)c2ccc(NN)cc2)C(C)(C)C1=O. The van der Waals surface area contributed by atoms with Crippen molar-refractivity contribution >= 4 is 21.6 Å². The molecule has 21 heavy (non-hydrogen) atoms. The number of carbonyl (C=O) groups is 1. The highest BCUT2D eigenvalue weighted by atomic mass is 32.2. The van der Waals surface area contributed by atoms with E-state index in [0.29, 0.717) is 12.2 Å². The second-order valence-corrected chi connectivity index (χ2v) is 7.39. The summed E-state index contributed by atoms with van der Waals surface area (Å²) in [6, 6.07) is 6.11. The van der Waals surface area contributed by atoms with Crippen molar-refractivity contribution in [2.24, 2.45) is 5.84 Å². The van der Waals surface area contributed by atoms with Gasteiger partial charge in [0, 0.05) is 25.8 Å². The number of nitrogens with one attached hydrogen (secondary N) is 1. The number of nitrogen functional groups attached to an aromatic ring is 1. The largest absolute Gasteiger partial charge is 0.343 e. The van der Waals surface area contributed by atoms with E-state index in [1.165, 1.54) is 16.4 Å². The number of hydrogen-bond donors (Lipinski definition) is 2. The average Bonchev–Trinajstić information content (AvgIpc) is 2.44. The van der Waals surface area contributed by atoms with Crippen LogP contribution in [0, 0.1) is 0 Å². The van der Waals surface area contributed by atoms with Crippen molar-refractivity contribution in [1.82, 2.24) is 9.21 Å². The van der Waals surface area contributed by atoms with Crippen LogP contribution in [0.3, 0.4) is 0 Å². The predicted molar refractivity (Wildman–Crippen MR) is 79.9 cm³/mol. The molecule has 1 aromatic carbocycles. The molecule has 1 heterocycles. The zero-order valence-electron chi connectivity index (χ0n) is 12.3. The highest BCUT2D eigenvalue weighted by Crippen LogP contribution is 2.29. The van der Waals surface area contributed by atoms with Gasteiger partial charge in [0.2, 0.25) is 15.9 Å². The van der Waals surface area contributed by atoms with Gasteiger partial charge in [0.15, 0.2) is 0 Å². The number of hydrazine groups is 1. The molecule has 3 N–H and O–H groups in total. The molecule has 1 fully saturated rings. The van der Waals surface area contributed by atoms with Crippen molar-refractivity contribution in [1.29, 1.82) is 0 Å². The minimum atomic E-state index is -3.73. The lowest BCUT2D eigenvalue weighted by molar-refractivity contribution is -0.142. The summed E-state index contributed by atoms with van der Waals surface area (Å²) >= 11 is 0. The Balaban J connectivity index is 2.40. The van der Waals surface area contributed by atoms with Crippen molar-refractivity contribution in [2.75, 3.05) is 25.6 Å². The third-order valence-corrected chi connectivity index (χ3v) is 5.83. The van der Waals surface area contributed by atoms with Crippen molar-refractivity contribution in [2.45, 2.75) is 24.3 Å². The summed E-state index contributed by atoms with van der Waals surface area (Å²) in [4.78, 5) is 13.9. The Morgan fingerprint density at radius 2 is 1.76 bits per heavy atom. The van der Waals surface area contributed by atoms with Crippen LogP contribution in [0.25, 0.3) is 0 Å². The first-order chi connectivity index (χ1) is 9.71. The summed E-state index contributed by atoms with van der Waals surface area (Å²) in [7, 11) is -2.06. The Morgan fingerprint density at radius 1 is 1.19 bits per heavy atom. The van der Waals surface area contributed by atoms with Gasteiger partial charge in [0.05, 0.1) is 4.90 Å². The van der Waals surface area contributed by atoms with Crippen LogP contribution in [0.4, 0.5) is 5.69 Å². The second-order valence-electron chi connectivity index (χ2n) is 5.53. The summed E-state index contributed by atoms with van der Waals surface area (Å²) in [6.45, 7) is 3.90. The number of sulfonamides is 1. The first-order valence-electron chi connectivity index (χ1n) is 6.56. The molecule has 0 bridgehead atoms. The van der Waals surface area contributed by atoms with Gasteiger partial charge in [-0.05, 0) is 38.1 Å². The molecule has 1 saturated heterocycles. The highest BCUT2D eigenvalue weighted by molar-refractivity contribution is 7.89. The van der Waals surface area contributed by atoms with Crippen LogP contribution >= 0.6 is 0 Å². The van der Waals surface area contributed by atoms with E-state index in [1.807, 2.05) is 0 Å². The molecule has 0 aliphatic carbocycles. The molecule has 2 rings (SSSR count). The van der Waals surface area contributed by atoms with E-state index in [1.54, 1.807) is 37.9 Å². The molecule has 8 heteroatoms. The fraction of sp³-hybridized carbons (Fsp3) is 0.462. The van der Waals surface area contributed by atoms with Gasteiger partial charge >= 0.3 is 0 Å². The first-order valence-corrected chi connectivity index (χ1v) is 8.00. The number of nitrogens with two attached hydrogens (primary N) is 1. The minimum absolute atomic E-state index is 0.145. The third kappa shape index (κ3) is 2.61. The lowest BCUT2D eigenvalue weighted by atomic mass is 10.0. The van der Waals surface area contributed by atoms with Crippen LogP contribution in [-0.2, 0) is 14.8 Å². The Morgan fingerprint density at radius 3 is 2.29 bits per heavy atom. The molecule has 1 aliphatic heterocycles. The van der Waals surface area contributed by atoms with Gasteiger partial charge in [-0.15, -0.1) is 0 Å². The van der Waals surface area contributed by atoms with Gasteiger partial charge < -0.3 is 10.3 Å². The minimum Gasteiger partial charge on any atom is -0.343 e. The fourth-order valence-corrected chi connectivity index (χ4v) is 4.20. The maximum Gasteiger partial charge on any atom is 0.244 e. The van der Waals surface area contributed by atoms with Gasteiger partial charge in [-0.3, -0.25) is 10.6 Å². The molecule has 1 aliphatic rings. The number of likely N-dealkylation sites (N-methyl/N-ethyl adjacent to an activating group) is 1. The van der Waals surface area contributed by atoms with Gasteiger partial charge in [-0.1, -0.05) is 0 Å². The quantitative estimate of drug-likeness (QED) is 0.614. The van der Waals surface area contributed by atoms with Gasteiger partial charge in [-0.25, -0.2) is 8.42 Å². The topological polar surface area (TPSA) is 95.7 Å². The number of anilines is 1. The van der Waals surface area contributed by atoms with Crippen LogP contribution in [0.1, 0.15) is 13.8 Å². The second kappa shape index (κ2) is 5.28. The summed E-state index contributed by atoms with van der Waals surface area (Å²) in [6.07, 6.45) is 0. The predicted octanol–water partition coefficient (Wildman–Crippen LogP) is 0.214. The zero-order valence-corrected chi connectivity index (χ0v) is 13.1. The lowest BCUT2D eigenvalue weighted by Gasteiger charge is -2.43. The van der Waals surface area contributed by atoms with Gasteiger partial charge in [0.25, 0.3) is 0 Å². The van der Waals surface area contributed by atoms with E-state index in [2.05, 4.69) is 5.43 Å². The fourth-order valence-electron chi connectivity index (χ4n) is 2.47. The smallest absolute Gasteiger partial charge is 0.244 e. The molecular weight excluding hydrogens is 292 g/mol. The summed E-state index contributed by atoms with van der Waals surface area (Å²) < 4.78 is 26.8. The average molecular weight is 312 g/mol. The van der Waals surface area contributed by atoms with E-state index < -0.39 is 15.6 Å². The standard InChI is InChI=1S/C13H20N4O3S/c1-13(2)12(18)16(3)8-9-17(13)21(19,20)11-6-4-10(15-14)5-7-11/h4-7,15H,8-9,14H2,1-3H3. The maximum absolute atomic E-state index is 12.8. The molecule has 0 saturated carbocycles. The van der Waals surface area contributed by atoms with Crippen LogP contribution < -0.4 is 11.3 Å².